The largest absolute Gasteiger partial charge is 0.416 e. The maximum Gasteiger partial charge on any atom is 0.416 e. The number of halogens is 7. The van der Waals surface area contributed by atoms with Crippen LogP contribution in [0.4, 0.5) is 17.6 Å². The minimum atomic E-state index is -5.00. The summed E-state index contributed by atoms with van der Waals surface area (Å²) in [6.45, 7) is -0.233. The fourth-order valence-electron chi connectivity index (χ4n) is 3.71. The molecule has 8 nitrogen and oxygen atoms in total. The second kappa shape index (κ2) is 10.7. The summed E-state index contributed by atoms with van der Waals surface area (Å²) in [6.07, 6.45) is -9.08. The number of benzene rings is 2. The molecule has 2 atom stereocenters. The molecule has 0 aliphatic heterocycles. The number of aliphatic hydroxyl groups excluding tert-OH is 2. The quantitative estimate of drug-likeness (QED) is 0.293. The van der Waals surface area contributed by atoms with Gasteiger partial charge < -0.3 is 10.2 Å². The van der Waals surface area contributed by atoms with E-state index in [0.29, 0.717) is 9.59 Å². The van der Waals surface area contributed by atoms with Gasteiger partial charge in [0, 0.05) is 10.6 Å². The Morgan fingerprint density at radius 3 is 2.29 bits per heavy atom. The van der Waals surface area contributed by atoms with E-state index < -0.39 is 43.0 Å². The van der Waals surface area contributed by atoms with E-state index in [2.05, 4.69) is 10.1 Å². The number of rotatable bonds is 7. The molecule has 202 valence electrons. The molecule has 0 amide bonds. The highest BCUT2D eigenvalue weighted by Crippen LogP contribution is 2.31. The molecular weight excluding hydrogens is 577 g/mol. The highest BCUT2D eigenvalue weighted by Gasteiger charge is 2.39. The number of hydrogen-bond acceptors (Lipinski definition) is 5. The summed E-state index contributed by atoms with van der Waals surface area (Å²) in [5, 5.41) is 23.9. The van der Waals surface area contributed by atoms with Crippen LogP contribution < -0.4 is 5.69 Å². The molecule has 0 bridgehead atoms. The SMILES string of the molecule is C[C@H](O)c1nc(Cn2c(Cl)c(-c3ccc(Cl)cc3)n(C[C@H](O)C(F)(F)F)c2=O)nn1-c1cccc(Cl)c1F. The normalized spacial score (nSPS) is 13.6. The number of aromatic nitrogens is 5. The Kier molecular flexibility index (Phi) is 7.91. The van der Waals surface area contributed by atoms with Gasteiger partial charge in [0.05, 0.1) is 23.8 Å². The van der Waals surface area contributed by atoms with Crippen LogP contribution in [-0.4, -0.2) is 46.4 Å². The molecule has 15 heteroatoms. The van der Waals surface area contributed by atoms with Crippen molar-refractivity contribution < 1.29 is 27.8 Å². The van der Waals surface area contributed by atoms with Gasteiger partial charge in [0.2, 0.25) is 0 Å². The van der Waals surface area contributed by atoms with Crippen LogP contribution in [0.3, 0.4) is 0 Å². The first kappa shape index (κ1) is 28.1. The monoisotopic (exact) mass is 593 g/mol. The summed E-state index contributed by atoms with van der Waals surface area (Å²) < 4.78 is 56.7. The Morgan fingerprint density at radius 1 is 1.03 bits per heavy atom. The minimum absolute atomic E-state index is 0.0878. The van der Waals surface area contributed by atoms with Crippen LogP contribution in [0.1, 0.15) is 24.7 Å². The van der Waals surface area contributed by atoms with Crippen LogP contribution in [0.2, 0.25) is 15.2 Å². The van der Waals surface area contributed by atoms with E-state index in [1.165, 1.54) is 49.4 Å². The number of aliphatic hydroxyl groups is 2. The highest BCUT2D eigenvalue weighted by molar-refractivity contribution is 6.32. The summed E-state index contributed by atoms with van der Waals surface area (Å²) in [5.41, 5.74) is -0.966. The zero-order valence-electron chi connectivity index (χ0n) is 19.3. The van der Waals surface area contributed by atoms with Crippen molar-refractivity contribution in [1.82, 2.24) is 23.9 Å². The molecule has 0 unspecified atom stereocenters. The smallest absolute Gasteiger partial charge is 0.385 e. The molecule has 2 aromatic heterocycles. The molecule has 0 aliphatic carbocycles. The predicted molar refractivity (Wildman–Crippen MR) is 132 cm³/mol. The van der Waals surface area contributed by atoms with E-state index in [0.717, 1.165) is 9.25 Å². The molecule has 0 spiro atoms. The summed E-state index contributed by atoms with van der Waals surface area (Å²) in [7, 11) is 0. The molecule has 38 heavy (non-hydrogen) atoms. The first-order chi connectivity index (χ1) is 17.8. The maximum atomic E-state index is 14.7. The van der Waals surface area contributed by atoms with Gasteiger partial charge in [-0.15, -0.1) is 5.10 Å². The van der Waals surface area contributed by atoms with E-state index in [4.69, 9.17) is 34.8 Å². The lowest BCUT2D eigenvalue weighted by Crippen LogP contribution is -2.37. The molecule has 2 heterocycles. The van der Waals surface area contributed by atoms with Gasteiger partial charge in [0.25, 0.3) is 0 Å². The lowest BCUT2D eigenvalue weighted by Gasteiger charge is -2.16. The number of hydrogen-bond donors (Lipinski definition) is 2. The van der Waals surface area contributed by atoms with Crippen molar-refractivity contribution in [2.24, 2.45) is 0 Å². The van der Waals surface area contributed by atoms with Crippen molar-refractivity contribution in [2.45, 2.75) is 38.4 Å². The lowest BCUT2D eigenvalue weighted by atomic mass is 10.1. The standard InChI is InChI=1S/C23H18Cl3F4N5O3/c1-11(36)21-31-17(32-35(21)15-4-2-3-14(25)18(15)27)10-34-20(26)19(12-5-7-13(24)8-6-12)33(22(34)38)9-16(37)23(28,29)30/h2-8,11,16,36-37H,9-10H2,1H3/t11-,16-/m0/s1. The predicted octanol–water partition coefficient (Wildman–Crippen LogP) is 5.02. The van der Waals surface area contributed by atoms with Crippen LogP contribution >= 0.6 is 34.8 Å². The molecule has 4 rings (SSSR count). The first-order valence-corrected chi connectivity index (χ1v) is 12.0. The van der Waals surface area contributed by atoms with E-state index in [1.54, 1.807) is 0 Å². The third-order valence-corrected chi connectivity index (χ3v) is 6.45. The maximum absolute atomic E-state index is 14.7. The molecule has 0 fully saturated rings. The van der Waals surface area contributed by atoms with Crippen molar-refractivity contribution in [3.63, 3.8) is 0 Å². The van der Waals surface area contributed by atoms with Gasteiger partial charge in [-0.3, -0.25) is 9.13 Å². The van der Waals surface area contributed by atoms with Crippen LogP contribution in [0, 0.1) is 5.82 Å². The van der Waals surface area contributed by atoms with E-state index in [9.17, 15) is 32.6 Å². The van der Waals surface area contributed by atoms with E-state index in [1.807, 2.05) is 0 Å². The molecule has 2 N–H and O–H groups in total. The summed E-state index contributed by atoms with van der Waals surface area (Å²) in [4.78, 5) is 17.4. The average Bonchev–Trinajstić information content (AvgIpc) is 3.36. The number of nitrogens with zero attached hydrogens (tertiary/aromatic N) is 5. The van der Waals surface area contributed by atoms with Gasteiger partial charge in [-0.05, 0) is 31.2 Å². The lowest BCUT2D eigenvalue weighted by molar-refractivity contribution is -0.207. The van der Waals surface area contributed by atoms with Crippen molar-refractivity contribution in [3.05, 3.63) is 85.6 Å². The molecule has 0 saturated heterocycles. The van der Waals surface area contributed by atoms with Crippen LogP contribution in [0.15, 0.2) is 47.3 Å². The first-order valence-electron chi connectivity index (χ1n) is 10.9. The highest BCUT2D eigenvalue weighted by atomic mass is 35.5. The number of alkyl halides is 3. The molecule has 0 aliphatic rings. The van der Waals surface area contributed by atoms with Gasteiger partial charge in [0.1, 0.15) is 16.9 Å². The van der Waals surface area contributed by atoms with Gasteiger partial charge in [-0.25, -0.2) is 18.9 Å². The fourth-order valence-corrected chi connectivity index (χ4v) is 4.35. The van der Waals surface area contributed by atoms with Crippen LogP contribution in [-0.2, 0) is 13.1 Å². The Bertz CT molecular complexity index is 1530. The van der Waals surface area contributed by atoms with Crippen LogP contribution in [0.5, 0.6) is 0 Å². The minimum Gasteiger partial charge on any atom is -0.385 e. The molecular formula is C23H18Cl3F4N5O3. The summed E-state index contributed by atoms with van der Waals surface area (Å²) in [5.74, 6) is -1.03. The second-order valence-corrected chi connectivity index (χ2v) is 9.43. The summed E-state index contributed by atoms with van der Waals surface area (Å²) >= 11 is 18.3. The van der Waals surface area contributed by atoms with Crippen molar-refractivity contribution in [3.8, 4) is 16.9 Å². The number of imidazole rings is 1. The second-order valence-electron chi connectivity index (χ2n) is 8.23. The summed E-state index contributed by atoms with van der Waals surface area (Å²) in [6, 6.07) is 9.93. The molecule has 4 aromatic rings. The third-order valence-electron chi connectivity index (χ3n) is 5.52. The van der Waals surface area contributed by atoms with Gasteiger partial charge in [-0.2, -0.15) is 13.2 Å². The molecule has 0 saturated carbocycles. The van der Waals surface area contributed by atoms with E-state index in [-0.39, 0.29) is 38.8 Å². The molecule has 2 aromatic carbocycles. The third kappa shape index (κ3) is 5.45. The van der Waals surface area contributed by atoms with E-state index >= 15 is 0 Å². The fraction of sp³-hybridized carbons (Fsp3) is 0.261. The van der Waals surface area contributed by atoms with Gasteiger partial charge >= 0.3 is 11.9 Å². The van der Waals surface area contributed by atoms with Crippen molar-refractivity contribution in [2.75, 3.05) is 0 Å². The van der Waals surface area contributed by atoms with Crippen molar-refractivity contribution >= 4 is 34.8 Å². The van der Waals surface area contributed by atoms with Gasteiger partial charge in [0.15, 0.2) is 23.6 Å². The average molecular weight is 595 g/mol. The topological polar surface area (TPSA) is 98.1 Å². The van der Waals surface area contributed by atoms with Gasteiger partial charge in [-0.1, -0.05) is 53.0 Å². The Morgan fingerprint density at radius 2 is 1.68 bits per heavy atom. The Balaban J connectivity index is 1.84. The van der Waals surface area contributed by atoms with Crippen LogP contribution in [0.25, 0.3) is 16.9 Å². The zero-order valence-corrected chi connectivity index (χ0v) is 21.6. The zero-order chi connectivity index (χ0) is 27.9. The molecule has 0 radical (unpaired) electrons. The Labute approximate surface area is 227 Å². The van der Waals surface area contributed by atoms with Crippen molar-refractivity contribution in [1.29, 1.82) is 0 Å². The Hall–Kier alpha value is -2.90.